The van der Waals surface area contributed by atoms with E-state index in [4.69, 9.17) is 0 Å². The summed E-state index contributed by atoms with van der Waals surface area (Å²) in [7, 11) is -5.69. The van der Waals surface area contributed by atoms with Gasteiger partial charge in [0.1, 0.15) is 5.75 Å². The highest BCUT2D eigenvalue weighted by Gasteiger charge is 2.48. The Balaban J connectivity index is 3.20. The van der Waals surface area contributed by atoms with E-state index in [1.165, 1.54) is 13.8 Å². The molecule has 0 heterocycles. The number of rotatable bonds is 3. The molecule has 0 bridgehead atoms. The summed E-state index contributed by atoms with van der Waals surface area (Å²) in [5, 5.41) is 0. The van der Waals surface area contributed by atoms with Gasteiger partial charge in [0.15, 0.2) is 6.29 Å². The predicted octanol–water partition coefficient (Wildman–Crippen LogP) is 2.34. The summed E-state index contributed by atoms with van der Waals surface area (Å²) in [6, 6.07) is 2.11. The molecular weight excluding hydrogens is 273 g/mol. The Bertz CT molecular complexity index is 552. The minimum atomic E-state index is -5.69. The van der Waals surface area contributed by atoms with Gasteiger partial charge < -0.3 is 4.18 Å². The van der Waals surface area contributed by atoms with Crippen LogP contribution in [-0.2, 0) is 10.1 Å². The molecule has 0 saturated heterocycles. The Labute approximate surface area is 101 Å². The van der Waals surface area contributed by atoms with Crippen LogP contribution in [0.15, 0.2) is 12.1 Å². The van der Waals surface area contributed by atoms with Crippen molar-refractivity contribution in [1.29, 1.82) is 0 Å². The highest BCUT2D eigenvalue weighted by molar-refractivity contribution is 7.88. The molecule has 0 spiro atoms. The number of hydrogen-bond donors (Lipinski definition) is 0. The fourth-order valence-electron chi connectivity index (χ4n) is 1.34. The maximum atomic E-state index is 12.1. The van der Waals surface area contributed by atoms with Crippen molar-refractivity contribution < 1.29 is 30.6 Å². The van der Waals surface area contributed by atoms with Crippen LogP contribution in [0.2, 0.25) is 0 Å². The average Bonchev–Trinajstić information content (AvgIpc) is 2.14. The van der Waals surface area contributed by atoms with E-state index < -0.39 is 21.4 Å². The molecule has 0 amide bonds. The molecule has 4 nitrogen and oxygen atoms in total. The largest absolute Gasteiger partial charge is 0.534 e. The number of benzene rings is 1. The molecule has 0 radical (unpaired) electrons. The molecule has 0 aliphatic rings. The lowest BCUT2D eigenvalue weighted by molar-refractivity contribution is -0.0500. The van der Waals surface area contributed by atoms with Crippen molar-refractivity contribution in [1.82, 2.24) is 0 Å². The summed E-state index contributed by atoms with van der Waals surface area (Å²) in [6.45, 7) is 2.92. The highest BCUT2D eigenvalue weighted by atomic mass is 32.2. The van der Waals surface area contributed by atoms with Crippen molar-refractivity contribution in [3.8, 4) is 5.75 Å². The number of carbonyl (C=O) groups excluding carboxylic acids is 1. The first-order valence-corrected chi connectivity index (χ1v) is 6.06. The lowest BCUT2D eigenvalue weighted by atomic mass is 10.0. The van der Waals surface area contributed by atoms with E-state index in [0.29, 0.717) is 17.4 Å². The lowest BCUT2D eigenvalue weighted by Gasteiger charge is -2.11. The summed E-state index contributed by atoms with van der Waals surface area (Å²) in [5.41, 5.74) is -4.54. The zero-order valence-electron chi connectivity index (χ0n) is 9.41. The van der Waals surface area contributed by atoms with Crippen LogP contribution in [0.25, 0.3) is 0 Å². The van der Waals surface area contributed by atoms with E-state index in [0.717, 1.165) is 12.1 Å². The number of aldehydes is 1. The number of aryl methyl sites for hydroxylation is 2. The second-order valence-corrected chi connectivity index (χ2v) is 5.11. The Kier molecular flexibility index (Phi) is 3.70. The molecule has 18 heavy (non-hydrogen) atoms. The maximum Gasteiger partial charge on any atom is 0.534 e. The van der Waals surface area contributed by atoms with Crippen molar-refractivity contribution in [3.63, 3.8) is 0 Å². The number of hydrogen-bond acceptors (Lipinski definition) is 4. The summed E-state index contributed by atoms with van der Waals surface area (Å²) in [4.78, 5) is 10.7. The number of halogens is 3. The molecule has 0 fully saturated rings. The molecule has 1 aromatic carbocycles. The fraction of sp³-hybridized carbons (Fsp3) is 0.300. The first-order chi connectivity index (χ1) is 8.08. The third-order valence-electron chi connectivity index (χ3n) is 2.17. The first-order valence-electron chi connectivity index (χ1n) is 4.65. The third-order valence-corrected chi connectivity index (χ3v) is 3.15. The second kappa shape index (κ2) is 4.60. The van der Waals surface area contributed by atoms with Gasteiger partial charge in [0.25, 0.3) is 0 Å². The van der Waals surface area contributed by atoms with Crippen LogP contribution in [-0.4, -0.2) is 20.2 Å². The van der Waals surface area contributed by atoms with Gasteiger partial charge >= 0.3 is 15.6 Å². The third kappa shape index (κ3) is 2.81. The molecule has 0 aliphatic heterocycles. The molecule has 0 aromatic heterocycles. The van der Waals surface area contributed by atoms with Crippen LogP contribution in [0.5, 0.6) is 5.75 Å². The SMILES string of the molecule is Cc1cc(OS(=O)(=O)C(F)(F)F)cc(C)c1C=O. The van der Waals surface area contributed by atoms with Crippen molar-refractivity contribution in [3.05, 3.63) is 28.8 Å². The summed E-state index contributed by atoms with van der Waals surface area (Å²) in [6.07, 6.45) is 0.534. The van der Waals surface area contributed by atoms with Crippen LogP contribution < -0.4 is 4.18 Å². The minimum absolute atomic E-state index is 0.284. The fourth-order valence-corrected chi connectivity index (χ4v) is 1.79. The van der Waals surface area contributed by atoms with Crippen molar-refractivity contribution in [2.24, 2.45) is 0 Å². The van der Waals surface area contributed by atoms with E-state index in [9.17, 15) is 26.4 Å². The Morgan fingerprint density at radius 3 is 1.94 bits per heavy atom. The van der Waals surface area contributed by atoms with E-state index in [1.807, 2.05) is 0 Å². The molecule has 0 aliphatic carbocycles. The lowest BCUT2D eigenvalue weighted by Crippen LogP contribution is -2.28. The quantitative estimate of drug-likeness (QED) is 0.485. The Hall–Kier alpha value is -1.57. The smallest absolute Gasteiger partial charge is 0.376 e. The standard InChI is InChI=1S/C10H9F3O4S/c1-6-3-8(4-7(2)9(6)5-14)17-18(15,16)10(11,12)13/h3-5H,1-2H3. The summed E-state index contributed by atoms with van der Waals surface area (Å²) in [5.74, 6) is -0.479. The Morgan fingerprint density at radius 1 is 1.17 bits per heavy atom. The van der Waals surface area contributed by atoms with Gasteiger partial charge in [0.05, 0.1) is 0 Å². The number of carbonyl (C=O) groups is 1. The van der Waals surface area contributed by atoms with Gasteiger partial charge in [-0.05, 0) is 37.1 Å². The molecular formula is C10H9F3O4S. The highest BCUT2D eigenvalue weighted by Crippen LogP contribution is 2.28. The first kappa shape index (κ1) is 14.5. The molecule has 1 aromatic rings. The van der Waals surface area contributed by atoms with E-state index in [-0.39, 0.29) is 5.56 Å². The molecule has 0 saturated carbocycles. The van der Waals surface area contributed by atoms with Crippen molar-refractivity contribution >= 4 is 16.4 Å². The Morgan fingerprint density at radius 2 is 1.61 bits per heavy atom. The molecule has 0 atom stereocenters. The molecule has 8 heteroatoms. The van der Waals surface area contributed by atoms with Gasteiger partial charge in [-0.3, -0.25) is 4.79 Å². The van der Waals surface area contributed by atoms with Gasteiger partial charge in [-0.2, -0.15) is 21.6 Å². The average molecular weight is 282 g/mol. The van der Waals surface area contributed by atoms with Gasteiger partial charge in [-0.25, -0.2) is 0 Å². The molecule has 0 N–H and O–H groups in total. The molecule has 1 rings (SSSR count). The van der Waals surface area contributed by atoms with Gasteiger partial charge in [-0.1, -0.05) is 0 Å². The maximum absolute atomic E-state index is 12.1. The van der Waals surface area contributed by atoms with E-state index in [2.05, 4.69) is 4.18 Å². The van der Waals surface area contributed by atoms with Crippen LogP contribution in [0.4, 0.5) is 13.2 Å². The van der Waals surface area contributed by atoms with Crippen molar-refractivity contribution in [2.75, 3.05) is 0 Å². The van der Waals surface area contributed by atoms with Crippen molar-refractivity contribution in [2.45, 2.75) is 19.4 Å². The van der Waals surface area contributed by atoms with Crippen LogP contribution in [0, 0.1) is 13.8 Å². The monoisotopic (exact) mass is 282 g/mol. The summed E-state index contributed by atoms with van der Waals surface area (Å²) >= 11 is 0. The van der Waals surface area contributed by atoms with Gasteiger partial charge in [-0.15, -0.1) is 0 Å². The van der Waals surface area contributed by atoms with E-state index >= 15 is 0 Å². The van der Waals surface area contributed by atoms with E-state index in [1.54, 1.807) is 0 Å². The topological polar surface area (TPSA) is 60.4 Å². The van der Waals surface area contributed by atoms with Crippen LogP contribution in [0.1, 0.15) is 21.5 Å². The van der Waals surface area contributed by atoms with Gasteiger partial charge in [0.2, 0.25) is 0 Å². The second-order valence-electron chi connectivity index (χ2n) is 3.57. The predicted molar refractivity (Wildman–Crippen MR) is 56.9 cm³/mol. The zero-order valence-corrected chi connectivity index (χ0v) is 10.2. The molecule has 100 valence electrons. The summed E-state index contributed by atoms with van der Waals surface area (Å²) < 4.78 is 61.8. The normalized spacial score (nSPS) is 12.3. The molecule has 0 unspecified atom stereocenters. The minimum Gasteiger partial charge on any atom is -0.376 e. The van der Waals surface area contributed by atoms with Crippen LogP contribution >= 0.6 is 0 Å². The van der Waals surface area contributed by atoms with Crippen LogP contribution in [0.3, 0.4) is 0 Å². The number of alkyl halides is 3. The zero-order chi connectivity index (χ0) is 14.1. The van der Waals surface area contributed by atoms with Gasteiger partial charge in [0, 0.05) is 5.56 Å².